The number of aromatic amines is 1. The van der Waals surface area contributed by atoms with Crippen molar-refractivity contribution in [1.29, 1.82) is 0 Å². The lowest BCUT2D eigenvalue weighted by Gasteiger charge is -2.05. The summed E-state index contributed by atoms with van der Waals surface area (Å²) in [4.78, 5) is 20.4. The number of hydrogen-bond acceptors (Lipinski definition) is 4. The fourth-order valence-corrected chi connectivity index (χ4v) is 2.87. The van der Waals surface area contributed by atoms with Crippen LogP contribution >= 0.6 is 11.3 Å². The Morgan fingerprint density at radius 3 is 3.00 bits per heavy atom. The van der Waals surface area contributed by atoms with Gasteiger partial charge in [-0.15, -0.1) is 11.3 Å². The number of aromatic nitrogens is 2. The lowest BCUT2D eigenvalue weighted by atomic mass is 10.2. The zero-order chi connectivity index (χ0) is 13.9. The van der Waals surface area contributed by atoms with Gasteiger partial charge in [-0.2, -0.15) is 0 Å². The second-order valence-electron chi connectivity index (χ2n) is 4.53. The van der Waals surface area contributed by atoms with Crippen molar-refractivity contribution >= 4 is 27.9 Å². The van der Waals surface area contributed by atoms with Crippen LogP contribution in [-0.2, 0) is 13.0 Å². The molecule has 0 bridgehead atoms. The SMILES string of the molecule is CCc1cnc(CNc2cc3ccccc3c(=O)[nH]2)s1. The highest BCUT2D eigenvalue weighted by Crippen LogP contribution is 2.16. The molecule has 102 valence electrons. The van der Waals surface area contributed by atoms with Crippen LogP contribution in [0.3, 0.4) is 0 Å². The van der Waals surface area contributed by atoms with Gasteiger partial charge in [0.25, 0.3) is 5.56 Å². The van der Waals surface area contributed by atoms with Gasteiger partial charge in [-0.05, 0) is 23.9 Å². The number of H-pyrrole nitrogens is 1. The minimum absolute atomic E-state index is 0.0704. The molecule has 3 rings (SSSR count). The number of rotatable bonds is 4. The number of pyridine rings is 1. The number of benzene rings is 1. The van der Waals surface area contributed by atoms with Crippen LogP contribution in [0.1, 0.15) is 16.8 Å². The van der Waals surface area contributed by atoms with Crippen molar-refractivity contribution in [3.63, 3.8) is 0 Å². The predicted octanol–water partition coefficient (Wildman–Crippen LogP) is 3.16. The molecule has 1 aromatic carbocycles. The standard InChI is InChI=1S/C15H15N3OS/c1-2-11-8-17-14(20-11)9-16-13-7-10-5-3-4-6-12(10)15(19)18-13/h3-8H,2,9H2,1H3,(H2,16,18,19). The first-order chi connectivity index (χ1) is 9.76. The van der Waals surface area contributed by atoms with E-state index in [1.807, 2.05) is 36.5 Å². The number of hydrogen-bond donors (Lipinski definition) is 2. The van der Waals surface area contributed by atoms with Gasteiger partial charge in [-0.1, -0.05) is 25.1 Å². The number of nitrogens with zero attached hydrogens (tertiary/aromatic N) is 1. The lowest BCUT2D eigenvalue weighted by Crippen LogP contribution is -2.10. The molecular formula is C15H15N3OS. The molecule has 4 nitrogen and oxygen atoms in total. The predicted molar refractivity (Wildman–Crippen MR) is 83.4 cm³/mol. The Morgan fingerprint density at radius 2 is 2.20 bits per heavy atom. The van der Waals surface area contributed by atoms with E-state index in [-0.39, 0.29) is 5.56 Å². The molecular weight excluding hydrogens is 270 g/mol. The highest BCUT2D eigenvalue weighted by molar-refractivity contribution is 7.11. The van der Waals surface area contributed by atoms with E-state index in [4.69, 9.17) is 0 Å². The van der Waals surface area contributed by atoms with Crippen LogP contribution in [-0.4, -0.2) is 9.97 Å². The van der Waals surface area contributed by atoms with Gasteiger partial charge in [0.2, 0.25) is 0 Å². The van der Waals surface area contributed by atoms with Crippen molar-refractivity contribution in [2.75, 3.05) is 5.32 Å². The highest BCUT2D eigenvalue weighted by Gasteiger charge is 2.03. The zero-order valence-electron chi connectivity index (χ0n) is 11.1. The molecule has 0 aliphatic heterocycles. The Kier molecular flexibility index (Phi) is 3.52. The van der Waals surface area contributed by atoms with E-state index in [9.17, 15) is 4.79 Å². The Labute approximate surface area is 120 Å². The first-order valence-corrected chi connectivity index (χ1v) is 7.37. The maximum atomic E-state index is 12.0. The molecule has 2 aromatic heterocycles. The lowest BCUT2D eigenvalue weighted by molar-refractivity contribution is 1.07. The first kappa shape index (κ1) is 12.9. The average Bonchev–Trinajstić information content (AvgIpc) is 2.93. The average molecular weight is 285 g/mol. The van der Waals surface area contributed by atoms with E-state index in [2.05, 4.69) is 22.2 Å². The Morgan fingerprint density at radius 1 is 1.35 bits per heavy atom. The fraction of sp³-hybridized carbons (Fsp3) is 0.200. The van der Waals surface area contributed by atoms with Crippen molar-refractivity contribution in [1.82, 2.24) is 9.97 Å². The fourth-order valence-electron chi connectivity index (χ4n) is 2.07. The van der Waals surface area contributed by atoms with Gasteiger partial charge >= 0.3 is 0 Å². The molecule has 0 unspecified atom stereocenters. The molecule has 0 saturated carbocycles. The Balaban J connectivity index is 1.82. The minimum Gasteiger partial charge on any atom is -0.365 e. The summed E-state index contributed by atoms with van der Waals surface area (Å²) in [6.45, 7) is 2.74. The molecule has 5 heteroatoms. The first-order valence-electron chi connectivity index (χ1n) is 6.56. The second-order valence-corrected chi connectivity index (χ2v) is 5.73. The van der Waals surface area contributed by atoms with Gasteiger partial charge in [0.05, 0.1) is 6.54 Å². The summed E-state index contributed by atoms with van der Waals surface area (Å²) >= 11 is 1.69. The third kappa shape index (κ3) is 2.58. The molecule has 0 aliphatic carbocycles. The monoisotopic (exact) mass is 285 g/mol. The summed E-state index contributed by atoms with van der Waals surface area (Å²) in [6.07, 6.45) is 2.91. The normalized spacial score (nSPS) is 10.8. The van der Waals surface area contributed by atoms with Crippen molar-refractivity contribution in [2.24, 2.45) is 0 Å². The third-order valence-corrected chi connectivity index (χ3v) is 4.28. The summed E-state index contributed by atoms with van der Waals surface area (Å²) in [7, 11) is 0. The smallest absolute Gasteiger partial charge is 0.257 e. The summed E-state index contributed by atoms with van der Waals surface area (Å²) in [5, 5.41) is 5.89. The molecule has 2 N–H and O–H groups in total. The molecule has 3 aromatic rings. The quantitative estimate of drug-likeness (QED) is 0.774. The summed E-state index contributed by atoms with van der Waals surface area (Å²) in [5.74, 6) is 0.724. The molecule has 20 heavy (non-hydrogen) atoms. The summed E-state index contributed by atoms with van der Waals surface area (Å²) < 4.78 is 0. The number of thiazole rings is 1. The molecule has 0 atom stereocenters. The molecule has 0 amide bonds. The van der Waals surface area contributed by atoms with Crippen molar-refractivity contribution < 1.29 is 0 Å². The van der Waals surface area contributed by atoms with Gasteiger partial charge in [0.15, 0.2) is 0 Å². The van der Waals surface area contributed by atoms with Crippen LogP contribution in [0.25, 0.3) is 10.8 Å². The number of fused-ring (bicyclic) bond motifs is 1. The van der Waals surface area contributed by atoms with Crippen LogP contribution < -0.4 is 10.9 Å². The van der Waals surface area contributed by atoms with E-state index < -0.39 is 0 Å². The van der Waals surface area contributed by atoms with Gasteiger partial charge in [0, 0.05) is 16.5 Å². The maximum Gasteiger partial charge on any atom is 0.257 e. The number of anilines is 1. The summed E-state index contributed by atoms with van der Waals surface area (Å²) in [6, 6.07) is 9.51. The molecule has 0 fully saturated rings. The Hall–Kier alpha value is -2.14. The molecule has 0 saturated heterocycles. The van der Waals surface area contributed by atoms with E-state index in [1.54, 1.807) is 11.3 Å². The maximum absolute atomic E-state index is 12.0. The Bertz CT molecular complexity index is 791. The van der Waals surface area contributed by atoms with E-state index in [1.165, 1.54) is 4.88 Å². The second kappa shape index (κ2) is 5.46. The number of nitrogens with one attached hydrogen (secondary N) is 2. The number of aryl methyl sites for hydroxylation is 1. The molecule has 2 heterocycles. The van der Waals surface area contributed by atoms with E-state index >= 15 is 0 Å². The van der Waals surface area contributed by atoms with Crippen LogP contribution in [0.15, 0.2) is 41.3 Å². The zero-order valence-corrected chi connectivity index (χ0v) is 12.0. The van der Waals surface area contributed by atoms with E-state index in [0.29, 0.717) is 11.9 Å². The van der Waals surface area contributed by atoms with Crippen molar-refractivity contribution in [3.05, 3.63) is 56.8 Å². The van der Waals surface area contributed by atoms with E-state index in [0.717, 1.165) is 22.6 Å². The van der Waals surface area contributed by atoms with Crippen molar-refractivity contribution in [2.45, 2.75) is 19.9 Å². The van der Waals surface area contributed by atoms with Gasteiger partial charge in [0.1, 0.15) is 10.8 Å². The van der Waals surface area contributed by atoms with Crippen LogP contribution in [0.4, 0.5) is 5.82 Å². The van der Waals surface area contributed by atoms with Crippen LogP contribution in [0.2, 0.25) is 0 Å². The minimum atomic E-state index is -0.0704. The van der Waals surface area contributed by atoms with Crippen molar-refractivity contribution in [3.8, 4) is 0 Å². The largest absolute Gasteiger partial charge is 0.365 e. The third-order valence-electron chi connectivity index (χ3n) is 3.13. The van der Waals surface area contributed by atoms with Gasteiger partial charge < -0.3 is 10.3 Å². The van der Waals surface area contributed by atoms with Gasteiger partial charge in [-0.3, -0.25) is 4.79 Å². The highest BCUT2D eigenvalue weighted by atomic mass is 32.1. The molecule has 0 spiro atoms. The van der Waals surface area contributed by atoms with Crippen LogP contribution in [0, 0.1) is 0 Å². The molecule has 0 radical (unpaired) electrons. The topological polar surface area (TPSA) is 57.8 Å². The van der Waals surface area contributed by atoms with Gasteiger partial charge in [-0.25, -0.2) is 4.98 Å². The van der Waals surface area contributed by atoms with Crippen LogP contribution in [0.5, 0.6) is 0 Å². The molecule has 0 aliphatic rings. The summed E-state index contributed by atoms with van der Waals surface area (Å²) in [5.41, 5.74) is -0.0704.